The van der Waals surface area contributed by atoms with E-state index in [0.717, 1.165) is 10.9 Å². The first kappa shape index (κ1) is 12.2. The third-order valence-corrected chi connectivity index (χ3v) is 3.65. The van der Waals surface area contributed by atoms with Crippen LogP contribution in [-0.4, -0.2) is 15.5 Å². The molecule has 0 saturated carbocycles. The van der Waals surface area contributed by atoms with Gasteiger partial charge in [-0.1, -0.05) is 11.6 Å². The van der Waals surface area contributed by atoms with Crippen molar-refractivity contribution in [1.29, 1.82) is 0 Å². The van der Waals surface area contributed by atoms with Gasteiger partial charge >= 0.3 is 0 Å². The molecule has 0 aliphatic rings. The summed E-state index contributed by atoms with van der Waals surface area (Å²) in [5.41, 5.74) is 0.985. The molecular formula is C13H10ClN3OS. The Morgan fingerprint density at radius 3 is 3.11 bits per heavy atom. The van der Waals surface area contributed by atoms with Crippen molar-refractivity contribution in [3.05, 3.63) is 47.1 Å². The second-order valence-corrected chi connectivity index (χ2v) is 5.36. The Labute approximate surface area is 118 Å². The second-order valence-electron chi connectivity index (χ2n) is 4.03. The Morgan fingerprint density at radius 1 is 1.42 bits per heavy atom. The third kappa shape index (κ3) is 2.62. The van der Waals surface area contributed by atoms with Crippen LogP contribution < -0.4 is 5.32 Å². The second kappa shape index (κ2) is 5.03. The summed E-state index contributed by atoms with van der Waals surface area (Å²) in [5, 5.41) is 6.91. The zero-order chi connectivity index (χ0) is 13.2. The molecule has 0 aliphatic carbocycles. The smallest absolute Gasteiger partial charge is 0.246 e. The van der Waals surface area contributed by atoms with E-state index in [2.05, 4.69) is 10.3 Å². The molecule has 0 radical (unpaired) electrons. The fourth-order valence-corrected chi connectivity index (χ4v) is 2.63. The Morgan fingerprint density at radius 2 is 2.32 bits per heavy atom. The van der Waals surface area contributed by atoms with E-state index in [4.69, 9.17) is 11.6 Å². The molecule has 96 valence electrons. The average Bonchev–Trinajstić information content (AvgIpc) is 2.99. The summed E-state index contributed by atoms with van der Waals surface area (Å²) in [4.78, 5) is 15.9. The van der Waals surface area contributed by atoms with Crippen molar-refractivity contribution in [3.63, 3.8) is 0 Å². The maximum atomic E-state index is 11.9. The first-order chi connectivity index (χ1) is 9.22. The highest BCUT2D eigenvalue weighted by Crippen LogP contribution is 2.20. The number of fused-ring (bicyclic) bond motifs is 1. The Hall–Kier alpha value is -1.85. The number of anilines is 1. The predicted molar refractivity (Wildman–Crippen MR) is 77.7 cm³/mol. The Kier molecular flexibility index (Phi) is 3.23. The topological polar surface area (TPSA) is 46.9 Å². The number of nitrogens with one attached hydrogen (secondary N) is 1. The van der Waals surface area contributed by atoms with Crippen molar-refractivity contribution in [2.75, 3.05) is 5.32 Å². The zero-order valence-corrected chi connectivity index (χ0v) is 11.4. The molecule has 2 aromatic heterocycles. The summed E-state index contributed by atoms with van der Waals surface area (Å²) < 4.78 is 1.88. The number of nitrogens with zero attached hydrogens (tertiary/aromatic N) is 2. The average molecular weight is 292 g/mol. The molecule has 1 aromatic carbocycles. The molecule has 2 heterocycles. The van der Waals surface area contributed by atoms with Crippen molar-refractivity contribution >= 4 is 44.9 Å². The fourth-order valence-electron chi connectivity index (χ4n) is 1.91. The monoisotopic (exact) mass is 291 g/mol. The molecular weight excluding hydrogens is 282 g/mol. The van der Waals surface area contributed by atoms with E-state index in [1.165, 1.54) is 11.3 Å². The molecule has 0 fully saturated rings. The number of aromatic nitrogens is 2. The van der Waals surface area contributed by atoms with Gasteiger partial charge in [0.2, 0.25) is 5.91 Å². The van der Waals surface area contributed by atoms with Crippen LogP contribution >= 0.6 is 22.9 Å². The maximum absolute atomic E-state index is 11.9. The van der Waals surface area contributed by atoms with Gasteiger partial charge < -0.3 is 9.88 Å². The number of thiazole rings is 1. The highest BCUT2D eigenvalue weighted by molar-refractivity contribution is 7.13. The SMILES string of the molecule is O=C(Cn1ccc2cc(Cl)ccc21)Nc1nccs1. The number of benzene rings is 1. The van der Waals surface area contributed by atoms with Crippen LogP contribution in [0.5, 0.6) is 0 Å². The van der Waals surface area contributed by atoms with E-state index >= 15 is 0 Å². The zero-order valence-electron chi connectivity index (χ0n) is 9.84. The Bertz CT molecular complexity index is 721. The molecule has 19 heavy (non-hydrogen) atoms. The molecule has 0 saturated heterocycles. The number of hydrogen-bond donors (Lipinski definition) is 1. The van der Waals surface area contributed by atoms with Crippen molar-refractivity contribution in [2.24, 2.45) is 0 Å². The van der Waals surface area contributed by atoms with Gasteiger partial charge in [-0.05, 0) is 24.3 Å². The highest BCUT2D eigenvalue weighted by Gasteiger charge is 2.07. The lowest BCUT2D eigenvalue weighted by atomic mass is 10.2. The minimum Gasteiger partial charge on any atom is -0.338 e. The number of rotatable bonds is 3. The van der Waals surface area contributed by atoms with Crippen molar-refractivity contribution in [2.45, 2.75) is 6.54 Å². The van der Waals surface area contributed by atoms with E-state index in [0.29, 0.717) is 10.2 Å². The summed E-state index contributed by atoms with van der Waals surface area (Å²) in [6, 6.07) is 7.55. The van der Waals surface area contributed by atoms with Crippen LogP contribution in [0.4, 0.5) is 5.13 Å². The lowest BCUT2D eigenvalue weighted by molar-refractivity contribution is -0.116. The normalized spacial score (nSPS) is 10.8. The first-order valence-corrected chi connectivity index (χ1v) is 6.92. The molecule has 0 spiro atoms. The molecule has 0 unspecified atom stereocenters. The minimum absolute atomic E-state index is 0.0950. The minimum atomic E-state index is -0.0950. The first-order valence-electron chi connectivity index (χ1n) is 5.66. The van der Waals surface area contributed by atoms with Gasteiger partial charge in [-0.15, -0.1) is 11.3 Å². The summed E-state index contributed by atoms with van der Waals surface area (Å²) in [6.45, 7) is 0.255. The van der Waals surface area contributed by atoms with Crippen molar-refractivity contribution in [3.8, 4) is 0 Å². The van der Waals surface area contributed by atoms with Gasteiger partial charge in [0.15, 0.2) is 5.13 Å². The van der Waals surface area contributed by atoms with Gasteiger partial charge in [0.05, 0.1) is 0 Å². The van der Waals surface area contributed by atoms with Crippen LogP contribution in [0.3, 0.4) is 0 Å². The number of halogens is 1. The summed E-state index contributed by atoms with van der Waals surface area (Å²) in [5.74, 6) is -0.0950. The van der Waals surface area contributed by atoms with E-state index in [9.17, 15) is 4.79 Å². The maximum Gasteiger partial charge on any atom is 0.246 e. The molecule has 1 N–H and O–H groups in total. The molecule has 0 bridgehead atoms. The van der Waals surface area contributed by atoms with Crippen LogP contribution in [0.2, 0.25) is 5.02 Å². The van der Waals surface area contributed by atoms with Gasteiger partial charge in [-0.2, -0.15) is 0 Å². The number of hydrogen-bond acceptors (Lipinski definition) is 3. The van der Waals surface area contributed by atoms with E-state index in [1.54, 1.807) is 6.20 Å². The predicted octanol–water partition coefficient (Wildman–Crippen LogP) is 3.39. The molecule has 0 aliphatic heterocycles. The van der Waals surface area contributed by atoms with Crippen molar-refractivity contribution in [1.82, 2.24) is 9.55 Å². The van der Waals surface area contributed by atoms with Gasteiger partial charge in [-0.25, -0.2) is 4.98 Å². The lowest BCUT2D eigenvalue weighted by Crippen LogP contribution is -2.17. The van der Waals surface area contributed by atoms with Crippen LogP contribution in [0.1, 0.15) is 0 Å². The lowest BCUT2D eigenvalue weighted by Gasteiger charge is -2.05. The third-order valence-electron chi connectivity index (χ3n) is 2.73. The molecule has 3 aromatic rings. The largest absolute Gasteiger partial charge is 0.338 e. The van der Waals surface area contributed by atoms with E-state index in [1.807, 2.05) is 40.4 Å². The molecule has 3 rings (SSSR count). The van der Waals surface area contributed by atoms with Gasteiger partial charge in [0.1, 0.15) is 6.54 Å². The van der Waals surface area contributed by atoms with Crippen LogP contribution in [0.25, 0.3) is 10.9 Å². The number of carbonyl (C=O) groups is 1. The molecule has 1 amide bonds. The summed E-state index contributed by atoms with van der Waals surface area (Å²) >= 11 is 7.33. The van der Waals surface area contributed by atoms with Crippen LogP contribution in [-0.2, 0) is 11.3 Å². The number of carbonyl (C=O) groups excluding carboxylic acids is 1. The quantitative estimate of drug-likeness (QED) is 0.804. The van der Waals surface area contributed by atoms with Gasteiger partial charge in [0, 0.05) is 33.7 Å². The fraction of sp³-hybridized carbons (Fsp3) is 0.0769. The van der Waals surface area contributed by atoms with Gasteiger partial charge in [-0.3, -0.25) is 4.79 Å². The highest BCUT2D eigenvalue weighted by atomic mass is 35.5. The Balaban J connectivity index is 1.79. The number of amides is 1. The standard InChI is InChI=1S/C13H10ClN3OS/c14-10-1-2-11-9(7-10)3-5-17(11)8-12(18)16-13-15-4-6-19-13/h1-7H,8H2,(H,15,16,18). The molecule has 6 heteroatoms. The van der Waals surface area contributed by atoms with Crippen LogP contribution in [0, 0.1) is 0 Å². The van der Waals surface area contributed by atoms with Crippen molar-refractivity contribution < 1.29 is 4.79 Å². The van der Waals surface area contributed by atoms with E-state index in [-0.39, 0.29) is 12.5 Å². The summed E-state index contributed by atoms with van der Waals surface area (Å²) in [7, 11) is 0. The van der Waals surface area contributed by atoms with Crippen LogP contribution in [0.15, 0.2) is 42.0 Å². The molecule has 4 nitrogen and oxygen atoms in total. The molecule has 0 atom stereocenters. The van der Waals surface area contributed by atoms with E-state index < -0.39 is 0 Å². The van der Waals surface area contributed by atoms with Gasteiger partial charge in [0.25, 0.3) is 0 Å². The summed E-state index contributed by atoms with van der Waals surface area (Å²) in [6.07, 6.45) is 3.54.